The molecule has 0 spiro atoms. The van der Waals surface area contributed by atoms with Gasteiger partial charge >= 0.3 is 0 Å². The molecule has 0 unspecified atom stereocenters. The zero-order valence-corrected chi connectivity index (χ0v) is 23.1. The maximum atomic E-state index is 11.0. The summed E-state index contributed by atoms with van der Waals surface area (Å²) in [4.78, 5) is 21.3. The fraction of sp³-hybridized carbons (Fsp3) is 0.423. The normalized spacial score (nSPS) is 20.4. The Kier molecular flexibility index (Phi) is 7.75. The van der Waals surface area contributed by atoms with E-state index in [4.69, 9.17) is 14.7 Å². The van der Waals surface area contributed by atoms with Crippen LogP contribution in [0.1, 0.15) is 29.4 Å². The third-order valence-corrected chi connectivity index (χ3v) is 7.10. The van der Waals surface area contributed by atoms with Crippen LogP contribution in [0.5, 0.6) is 0 Å². The molecule has 1 fully saturated rings. The van der Waals surface area contributed by atoms with Gasteiger partial charge in [-0.15, -0.1) is 10.2 Å². The molecule has 6 rings (SSSR count). The maximum Gasteiger partial charge on any atom is 0.226 e. The molecule has 16 nitrogen and oxygen atoms in total. The van der Waals surface area contributed by atoms with Crippen LogP contribution >= 0.6 is 0 Å². The lowest BCUT2D eigenvalue weighted by Gasteiger charge is -2.22. The summed E-state index contributed by atoms with van der Waals surface area (Å²) in [5, 5.41) is 47.2. The number of aryl methyl sites for hydroxylation is 2. The van der Waals surface area contributed by atoms with Crippen molar-refractivity contribution in [3.05, 3.63) is 66.3 Å². The van der Waals surface area contributed by atoms with E-state index in [0.29, 0.717) is 48.9 Å². The molecule has 16 heteroatoms. The van der Waals surface area contributed by atoms with Crippen molar-refractivity contribution in [3.8, 4) is 0 Å². The predicted molar refractivity (Wildman–Crippen MR) is 149 cm³/mol. The van der Waals surface area contributed by atoms with Crippen molar-refractivity contribution in [2.45, 2.75) is 37.4 Å². The van der Waals surface area contributed by atoms with Gasteiger partial charge in [0, 0.05) is 32.8 Å². The minimum absolute atomic E-state index is 0.149. The summed E-state index contributed by atoms with van der Waals surface area (Å²) in [5.41, 5.74) is 2.78. The van der Waals surface area contributed by atoms with E-state index in [1.165, 1.54) is 11.1 Å². The standard InChI is InChI=1S/C26H32N12O4/c1-35-12-17(28-13-35)8-10-27-26-30-23(37(15-39)11-9-16-6-4-3-5-7-16)18-24(31-26)38(14-29-18)25-20(41)19(40)21(42-25)22-32-34-36(2)33-22/h3-7,12-14,19-21,25,39-41H,8-11,15H2,1-2H3,(H,27,30,31)/t19-,20+,21-,25+/m0/s1. The van der Waals surface area contributed by atoms with Gasteiger partial charge in [0.1, 0.15) is 18.9 Å². The molecule has 1 aromatic carbocycles. The van der Waals surface area contributed by atoms with Gasteiger partial charge in [0.2, 0.25) is 11.8 Å². The second-order valence-corrected chi connectivity index (χ2v) is 10.1. The van der Waals surface area contributed by atoms with Gasteiger partial charge in [-0.3, -0.25) is 4.57 Å². The fourth-order valence-electron chi connectivity index (χ4n) is 4.95. The topological polar surface area (TPSA) is 190 Å². The summed E-state index contributed by atoms with van der Waals surface area (Å²) in [5.74, 6) is 0.863. The van der Waals surface area contributed by atoms with Crippen LogP contribution in [0.4, 0.5) is 11.8 Å². The Balaban J connectivity index is 1.33. The predicted octanol–water partition coefficient (Wildman–Crippen LogP) is -0.271. The minimum Gasteiger partial charge on any atom is -0.387 e. The molecule has 220 valence electrons. The minimum atomic E-state index is -1.33. The van der Waals surface area contributed by atoms with Crippen LogP contribution in [0.15, 0.2) is 49.2 Å². The van der Waals surface area contributed by atoms with E-state index >= 15 is 0 Å². The van der Waals surface area contributed by atoms with Gasteiger partial charge in [0.05, 0.1) is 25.4 Å². The second kappa shape index (κ2) is 11.8. The van der Waals surface area contributed by atoms with Crippen LogP contribution < -0.4 is 10.2 Å². The highest BCUT2D eigenvalue weighted by Gasteiger charge is 2.47. The molecule has 5 heterocycles. The lowest BCUT2D eigenvalue weighted by Crippen LogP contribution is -2.30. The van der Waals surface area contributed by atoms with Gasteiger partial charge in [-0.1, -0.05) is 30.3 Å². The van der Waals surface area contributed by atoms with Crippen LogP contribution in [0.3, 0.4) is 0 Å². The molecule has 42 heavy (non-hydrogen) atoms. The van der Waals surface area contributed by atoms with E-state index in [2.05, 4.69) is 30.7 Å². The number of rotatable bonds is 11. The van der Waals surface area contributed by atoms with Crippen LogP contribution in [0, 0.1) is 0 Å². The number of aromatic nitrogens is 10. The molecule has 0 aliphatic carbocycles. The first kappa shape index (κ1) is 27.6. The fourth-order valence-corrected chi connectivity index (χ4v) is 4.95. The third-order valence-electron chi connectivity index (χ3n) is 7.10. The molecule has 4 aromatic heterocycles. The van der Waals surface area contributed by atoms with Gasteiger partial charge in [-0.25, -0.2) is 9.97 Å². The summed E-state index contributed by atoms with van der Waals surface area (Å²) < 4.78 is 9.46. The number of anilines is 2. The number of hydrogen-bond donors (Lipinski definition) is 4. The molecule has 4 atom stereocenters. The van der Waals surface area contributed by atoms with Crippen LogP contribution in [-0.4, -0.2) is 96.6 Å². The summed E-state index contributed by atoms with van der Waals surface area (Å²) in [6, 6.07) is 9.95. The van der Waals surface area contributed by atoms with Crippen molar-refractivity contribution in [2.75, 3.05) is 30.0 Å². The first-order valence-corrected chi connectivity index (χ1v) is 13.5. The lowest BCUT2D eigenvalue weighted by molar-refractivity contribution is -0.0384. The molecule has 4 N–H and O–H groups in total. The Bertz CT molecular complexity index is 1640. The van der Waals surface area contributed by atoms with E-state index in [1.54, 1.807) is 22.8 Å². The molecule has 1 saturated heterocycles. The number of aliphatic hydroxyl groups excluding tert-OH is 3. The monoisotopic (exact) mass is 576 g/mol. The maximum absolute atomic E-state index is 11.0. The van der Waals surface area contributed by atoms with Gasteiger partial charge in [-0.05, 0) is 17.2 Å². The van der Waals surface area contributed by atoms with Crippen LogP contribution in [-0.2, 0) is 31.7 Å². The molecule has 0 radical (unpaired) electrons. The first-order valence-electron chi connectivity index (χ1n) is 13.5. The summed E-state index contributed by atoms with van der Waals surface area (Å²) in [6.07, 6.45) is 1.76. The second-order valence-electron chi connectivity index (χ2n) is 10.1. The van der Waals surface area contributed by atoms with E-state index in [9.17, 15) is 15.3 Å². The summed E-state index contributed by atoms with van der Waals surface area (Å²) >= 11 is 0. The zero-order chi connectivity index (χ0) is 29.2. The van der Waals surface area contributed by atoms with Gasteiger partial charge in [0.25, 0.3) is 0 Å². The Morgan fingerprint density at radius 2 is 1.86 bits per heavy atom. The van der Waals surface area contributed by atoms with Crippen molar-refractivity contribution in [2.24, 2.45) is 14.1 Å². The number of ether oxygens (including phenoxy) is 1. The van der Waals surface area contributed by atoms with Crippen molar-refractivity contribution < 1.29 is 20.1 Å². The number of hydrogen-bond acceptors (Lipinski definition) is 13. The molecule has 0 saturated carbocycles. The average Bonchev–Trinajstić information content (AvgIpc) is 3.78. The third kappa shape index (κ3) is 5.52. The van der Waals surface area contributed by atoms with Crippen molar-refractivity contribution in [1.29, 1.82) is 0 Å². The molecular formula is C26H32N12O4. The zero-order valence-electron chi connectivity index (χ0n) is 23.1. The van der Waals surface area contributed by atoms with Gasteiger partial charge in [-0.2, -0.15) is 14.8 Å². The van der Waals surface area contributed by atoms with Gasteiger partial charge < -0.3 is 34.8 Å². The first-order chi connectivity index (χ1) is 20.4. The van der Waals surface area contributed by atoms with Crippen LogP contribution in [0.25, 0.3) is 11.2 Å². The number of imidazole rings is 2. The molecular weight excluding hydrogens is 544 g/mol. The van der Waals surface area contributed by atoms with E-state index in [0.717, 1.165) is 11.3 Å². The molecule has 5 aromatic rings. The number of tetrazole rings is 1. The Morgan fingerprint density at radius 1 is 1.02 bits per heavy atom. The Morgan fingerprint density at radius 3 is 2.57 bits per heavy atom. The molecule has 1 aliphatic heterocycles. The Hall–Kier alpha value is -4.51. The van der Waals surface area contributed by atoms with E-state index < -0.39 is 24.5 Å². The number of benzene rings is 1. The SMILES string of the molecule is Cn1cnc(CCNc2nc(N(CO)CCc3ccccc3)c3ncn([C@@H]4O[C@H](c5nnn(C)n5)[C@@H](O)[C@H]4O)c3n2)c1. The molecule has 0 bridgehead atoms. The molecule has 0 amide bonds. The summed E-state index contributed by atoms with van der Waals surface area (Å²) in [6.45, 7) is 0.663. The van der Waals surface area contributed by atoms with Crippen LogP contribution in [0.2, 0.25) is 0 Å². The number of aliphatic hydroxyl groups is 3. The van der Waals surface area contributed by atoms with Crippen molar-refractivity contribution in [3.63, 3.8) is 0 Å². The van der Waals surface area contributed by atoms with Crippen molar-refractivity contribution in [1.82, 2.24) is 49.3 Å². The quantitative estimate of drug-likeness (QED) is 0.150. The highest BCUT2D eigenvalue weighted by molar-refractivity contribution is 5.85. The number of fused-ring (bicyclic) bond motifs is 1. The smallest absolute Gasteiger partial charge is 0.226 e. The number of nitrogens with zero attached hydrogens (tertiary/aromatic N) is 11. The summed E-state index contributed by atoms with van der Waals surface area (Å²) in [7, 11) is 3.51. The largest absolute Gasteiger partial charge is 0.387 e. The van der Waals surface area contributed by atoms with Gasteiger partial charge in [0.15, 0.2) is 29.3 Å². The van der Waals surface area contributed by atoms with E-state index in [-0.39, 0.29) is 12.6 Å². The Labute approximate surface area is 240 Å². The number of nitrogens with one attached hydrogen (secondary N) is 1. The van der Waals surface area contributed by atoms with Crippen molar-refractivity contribution >= 4 is 22.9 Å². The molecule has 1 aliphatic rings. The highest BCUT2D eigenvalue weighted by atomic mass is 16.6. The lowest BCUT2D eigenvalue weighted by atomic mass is 10.1. The highest BCUT2D eigenvalue weighted by Crippen LogP contribution is 2.39. The van der Waals surface area contributed by atoms with E-state index in [1.807, 2.05) is 48.1 Å². The average molecular weight is 577 g/mol.